The molecule has 2 aromatic heterocycles. The van der Waals surface area contributed by atoms with Gasteiger partial charge in [-0.2, -0.15) is 0 Å². The van der Waals surface area contributed by atoms with E-state index >= 15 is 0 Å². The molecule has 0 saturated carbocycles. The molecule has 0 N–H and O–H groups in total. The first-order valence-corrected chi connectivity index (χ1v) is 16.0. The van der Waals surface area contributed by atoms with Crippen molar-refractivity contribution in [3.63, 3.8) is 0 Å². The third-order valence-corrected chi connectivity index (χ3v) is 8.78. The number of aryl methyl sites for hydroxylation is 4. The topological polar surface area (TPSA) is 43.6 Å². The van der Waals surface area contributed by atoms with Gasteiger partial charge in [-0.05, 0) is 87.4 Å². The molecule has 0 aliphatic heterocycles. The average molecular weight is 607 g/mol. The van der Waals surface area contributed by atoms with E-state index in [2.05, 4.69) is 166 Å². The average Bonchev–Trinajstić information content (AvgIpc) is 3.42. The van der Waals surface area contributed by atoms with Gasteiger partial charge in [-0.15, -0.1) is 0 Å². The number of hydrogen-bond acceptors (Lipinski definition) is 3. The molecule has 0 bridgehead atoms. The maximum absolute atomic E-state index is 4.99. The van der Waals surface area contributed by atoms with Gasteiger partial charge in [-0.1, -0.05) is 107 Å². The lowest BCUT2D eigenvalue weighted by atomic mass is 10.0. The van der Waals surface area contributed by atoms with Crippen LogP contribution in [-0.4, -0.2) is 19.5 Å². The van der Waals surface area contributed by atoms with Crippen molar-refractivity contribution in [1.29, 1.82) is 0 Å². The number of rotatable bonds is 5. The molecule has 4 heteroatoms. The molecule has 4 nitrogen and oxygen atoms in total. The summed E-state index contributed by atoms with van der Waals surface area (Å²) in [6.45, 7) is 8.44. The summed E-state index contributed by atoms with van der Waals surface area (Å²) < 4.78 is 2.35. The lowest BCUT2D eigenvalue weighted by molar-refractivity contribution is 1.07. The molecule has 6 aromatic carbocycles. The summed E-state index contributed by atoms with van der Waals surface area (Å²) in [5.74, 6) is 2.03. The third-order valence-electron chi connectivity index (χ3n) is 8.78. The lowest BCUT2D eigenvalue weighted by Gasteiger charge is -2.11. The minimum absolute atomic E-state index is 0.664. The largest absolute Gasteiger partial charge is 0.309 e. The molecule has 0 amide bonds. The standard InChI is InChI=1S/C43H34N4/c1-27-21-28(2)24-34(23-27)42-44-41(45-43(46-42)35-25-29(3)22-30(4)26-35)33-15-13-31(14-16-33)32-17-19-36(20-18-32)47-39-11-7-5-9-37(39)38-10-6-8-12-40(38)47/h5-26H,1-4H3. The molecule has 0 unspecified atom stereocenters. The molecule has 0 atom stereocenters. The van der Waals surface area contributed by atoms with Crippen LogP contribution in [0.25, 0.3) is 72.8 Å². The highest BCUT2D eigenvalue weighted by molar-refractivity contribution is 6.09. The molecule has 0 aliphatic carbocycles. The molecule has 0 aliphatic rings. The highest BCUT2D eigenvalue weighted by Crippen LogP contribution is 2.33. The van der Waals surface area contributed by atoms with Crippen molar-refractivity contribution in [1.82, 2.24) is 19.5 Å². The zero-order valence-corrected chi connectivity index (χ0v) is 27.0. The first kappa shape index (κ1) is 28.6. The van der Waals surface area contributed by atoms with Crippen LogP contribution in [0.2, 0.25) is 0 Å². The van der Waals surface area contributed by atoms with Gasteiger partial charge in [-0.25, -0.2) is 15.0 Å². The first-order valence-electron chi connectivity index (χ1n) is 16.0. The quantitative estimate of drug-likeness (QED) is 0.196. The Kier molecular flexibility index (Phi) is 6.99. The molecule has 0 spiro atoms. The van der Waals surface area contributed by atoms with Crippen molar-refractivity contribution >= 4 is 21.8 Å². The maximum Gasteiger partial charge on any atom is 0.164 e. The van der Waals surface area contributed by atoms with Gasteiger partial charge in [0.05, 0.1) is 11.0 Å². The van der Waals surface area contributed by atoms with Crippen LogP contribution in [0, 0.1) is 27.7 Å². The zero-order valence-electron chi connectivity index (χ0n) is 27.0. The Labute approximate surface area is 275 Å². The highest BCUT2D eigenvalue weighted by Gasteiger charge is 2.15. The molecule has 0 saturated heterocycles. The van der Waals surface area contributed by atoms with Crippen molar-refractivity contribution in [2.24, 2.45) is 0 Å². The number of hydrogen-bond donors (Lipinski definition) is 0. The molecule has 0 radical (unpaired) electrons. The van der Waals surface area contributed by atoms with Crippen LogP contribution < -0.4 is 0 Å². The summed E-state index contributed by atoms with van der Waals surface area (Å²) in [7, 11) is 0. The van der Waals surface area contributed by atoms with Gasteiger partial charge >= 0.3 is 0 Å². The van der Waals surface area contributed by atoms with E-state index in [-0.39, 0.29) is 0 Å². The van der Waals surface area contributed by atoms with Crippen molar-refractivity contribution in [3.8, 4) is 51.0 Å². The number of nitrogens with zero attached hydrogens (tertiary/aromatic N) is 4. The van der Waals surface area contributed by atoms with Crippen molar-refractivity contribution in [3.05, 3.63) is 156 Å². The fourth-order valence-electron chi connectivity index (χ4n) is 6.79. The molecule has 2 heterocycles. The first-order chi connectivity index (χ1) is 22.9. The summed E-state index contributed by atoms with van der Waals surface area (Å²) in [6.07, 6.45) is 0. The number of benzene rings is 6. The third kappa shape index (κ3) is 5.38. The second-order valence-corrected chi connectivity index (χ2v) is 12.6. The summed E-state index contributed by atoms with van der Waals surface area (Å²) in [5, 5.41) is 2.53. The van der Waals surface area contributed by atoms with Gasteiger partial charge in [0.2, 0.25) is 0 Å². The predicted molar refractivity (Wildman–Crippen MR) is 195 cm³/mol. The van der Waals surface area contributed by atoms with Crippen LogP contribution in [0.5, 0.6) is 0 Å². The molecular formula is C43H34N4. The van der Waals surface area contributed by atoms with Gasteiger partial charge < -0.3 is 4.57 Å². The monoisotopic (exact) mass is 606 g/mol. The normalized spacial score (nSPS) is 11.4. The Hall–Kier alpha value is -5.87. The fraction of sp³-hybridized carbons (Fsp3) is 0.0930. The summed E-state index contributed by atoms with van der Waals surface area (Å²) in [6, 6.07) is 47.5. The van der Waals surface area contributed by atoms with Gasteiger partial charge in [0.25, 0.3) is 0 Å². The molecule has 8 aromatic rings. The van der Waals surface area contributed by atoms with Gasteiger partial charge in [0, 0.05) is 33.2 Å². The van der Waals surface area contributed by atoms with E-state index in [1.807, 2.05) is 0 Å². The summed E-state index contributed by atoms with van der Waals surface area (Å²) in [4.78, 5) is 15.0. The van der Waals surface area contributed by atoms with Crippen LogP contribution in [0.1, 0.15) is 22.3 Å². The Bertz CT molecular complexity index is 2270. The summed E-state index contributed by atoms with van der Waals surface area (Å²) in [5.41, 5.74) is 13.5. The molecule has 47 heavy (non-hydrogen) atoms. The number of fused-ring (bicyclic) bond motifs is 3. The van der Waals surface area contributed by atoms with Crippen molar-refractivity contribution < 1.29 is 0 Å². The number of para-hydroxylation sites is 2. The maximum atomic E-state index is 4.99. The van der Waals surface area contributed by atoms with E-state index < -0.39 is 0 Å². The van der Waals surface area contributed by atoms with E-state index in [0.717, 1.165) is 33.5 Å². The molecule has 8 rings (SSSR count). The predicted octanol–water partition coefficient (Wildman–Crippen LogP) is 10.9. The minimum Gasteiger partial charge on any atom is -0.309 e. The van der Waals surface area contributed by atoms with Gasteiger partial charge in [0.15, 0.2) is 17.5 Å². The Morgan fingerprint density at radius 3 is 1.17 bits per heavy atom. The second-order valence-electron chi connectivity index (χ2n) is 12.6. The Morgan fingerprint density at radius 2 is 0.723 bits per heavy atom. The van der Waals surface area contributed by atoms with Crippen molar-refractivity contribution in [2.45, 2.75) is 27.7 Å². The van der Waals surface area contributed by atoms with Crippen LogP contribution in [0.15, 0.2) is 133 Å². The smallest absolute Gasteiger partial charge is 0.164 e. The van der Waals surface area contributed by atoms with Gasteiger partial charge in [0.1, 0.15) is 0 Å². The van der Waals surface area contributed by atoms with E-state index in [0.29, 0.717) is 17.5 Å². The SMILES string of the molecule is Cc1cc(C)cc(-c2nc(-c3ccc(-c4ccc(-n5c6ccccc6c6ccccc65)cc4)cc3)nc(-c3cc(C)cc(C)c3)n2)c1. The number of aromatic nitrogens is 4. The molecule has 226 valence electrons. The van der Waals surface area contributed by atoms with E-state index in [4.69, 9.17) is 15.0 Å². The van der Waals surface area contributed by atoms with Crippen LogP contribution in [-0.2, 0) is 0 Å². The molecule has 0 fully saturated rings. The molecular weight excluding hydrogens is 573 g/mol. The van der Waals surface area contributed by atoms with E-state index in [1.165, 1.54) is 44.1 Å². The zero-order chi connectivity index (χ0) is 32.1. The Balaban J connectivity index is 1.16. The highest BCUT2D eigenvalue weighted by atomic mass is 15.0. The van der Waals surface area contributed by atoms with E-state index in [1.54, 1.807) is 0 Å². The van der Waals surface area contributed by atoms with Crippen LogP contribution >= 0.6 is 0 Å². The van der Waals surface area contributed by atoms with Crippen LogP contribution in [0.4, 0.5) is 0 Å². The lowest BCUT2D eigenvalue weighted by Crippen LogP contribution is -2.01. The Morgan fingerprint density at radius 1 is 0.362 bits per heavy atom. The van der Waals surface area contributed by atoms with Crippen molar-refractivity contribution in [2.75, 3.05) is 0 Å². The van der Waals surface area contributed by atoms with E-state index in [9.17, 15) is 0 Å². The minimum atomic E-state index is 0.664. The fourth-order valence-corrected chi connectivity index (χ4v) is 6.79. The van der Waals surface area contributed by atoms with Gasteiger partial charge in [-0.3, -0.25) is 0 Å². The van der Waals surface area contributed by atoms with Crippen LogP contribution in [0.3, 0.4) is 0 Å². The second kappa shape index (κ2) is 11.5. The summed E-state index contributed by atoms with van der Waals surface area (Å²) >= 11 is 0.